The summed E-state index contributed by atoms with van der Waals surface area (Å²) in [5, 5.41) is 2.42. The van der Waals surface area contributed by atoms with Crippen LogP contribution in [-0.2, 0) is 22.6 Å². The van der Waals surface area contributed by atoms with Crippen LogP contribution >= 0.6 is 0 Å². The summed E-state index contributed by atoms with van der Waals surface area (Å²) in [6.45, 7) is 5.81. The van der Waals surface area contributed by atoms with Gasteiger partial charge in [-0.1, -0.05) is 18.2 Å². The van der Waals surface area contributed by atoms with Crippen LogP contribution in [0.4, 0.5) is 4.79 Å². The molecule has 2 fully saturated rings. The molecule has 2 aromatic rings. The molecule has 4 aliphatic rings. The molecule has 10 heteroatoms. The summed E-state index contributed by atoms with van der Waals surface area (Å²) >= 11 is 0. The van der Waals surface area contributed by atoms with Crippen LogP contribution in [0.15, 0.2) is 53.8 Å². The second-order valence-corrected chi connectivity index (χ2v) is 10.3. The summed E-state index contributed by atoms with van der Waals surface area (Å²) < 4.78 is 12.8. The van der Waals surface area contributed by atoms with E-state index in [-0.39, 0.29) is 43.7 Å². The number of likely N-dealkylation sites (tertiary alicyclic amines) is 1. The van der Waals surface area contributed by atoms with Gasteiger partial charge in [0.2, 0.25) is 18.6 Å². The van der Waals surface area contributed by atoms with Crippen LogP contribution in [0.25, 0.3) is 0 Å². The highest BCUT2D eigenvalue weighted by Crippen LogP contribution is 2.40. The molecule has 0 aliphatic carbocycles. The molecule has 4 amide bonds. The maximum absolute atomic E-state index is 13.9. The van der Waals surface area contributed by atoms with E-state index in [1.807, 2.05) is 16.7 Å². The van der Waals surface area contributed by atoms with Gasteiger partial charge < -0.3 is 18.9 Å². The van der Waals surface area contributed by atoms with Gasteiger partial charge in [0.15, 0.2) is 11.5 Å². The zero-order valence-corrected chi connectivity index (χ0v) is 20.4. The number of amides is 4. The number of benzene rings is 1. The van der Waals surface area contributed by atoms with Crippen LogP contribution in [-0.4, -0.2) is 65.2 Å². The maximum Gasteiger partial charge on any atom is 0.331 e. The highest BCUT2D eigenvalue weighted by Gasteiger charge is 2.55. The Bertz CT molecular complexity index is 1370. The third kappa shape index (κ3) is 3.92. The Morgan fingerprint density at radius 3 is 2.73 bits per heavy atom. The molecule has 6 rings (SSSR count). The molecule has 2 unspecified atom stereocenters. The minimum absolute atomic E-state index is 0.000318. The van der Waals surface area contributed by atoms with Gasteiger partial charge in [-0.15, -0.1) is 6.58 Å². The Hall–Kier alpha value is -3.92. The largest absolute Gasteiger partial charge is 0.454 e. The van der Waals surface area contributed by atoms with Gasteiger partial charge in [0.25, 0.3) is 5.56 Å². The maximum atomic E-state index is 13.9. The highest BCUT2D eigenvalue weighted by atomic mass is 16.7. The van der Waals surface area contributed by atoms with Gasteiger partial charge in [-0.25, -0.2) is 4.79 Å². The molecule has 0 spiro atoms. The van der Waals surface area contributed by atoms with Gasteiger partial charge in [-0.05, 0) is 42.5 Å². The van der Waals surface area contributed by atoms with Crippen LogP contribution in [0.3, 0.4) is 0 Å². The molecule has 0 radical (unpaired) electrons. The van der Waals surface area contributed by atoms with E-state index in [1.54, 1.807) is 24.3 Å². The van der Waals surface area contributed by atoms with E-state index in [1.165, 1.54) is 6.08 Å². The van der Waals surface area contributed by atoms with Crippen LogP contribution < -0.4 is 20.3 Å². The van der Waals surface area contributed by atoms with E-state index in [0.29, 0.717) is 31.1 Å². The fourth-order valence-electron chi connectivity index (χ4n) is 6.28. The van der Waals surface area contributed by atoms with Crippen molar-refractivity contribution in [1.82, 2.24) is 19.7 Å². The van der Waals surface area contributed by atoms with Crippen molar-refractivity contribution in [2.45, 2.75) is 25.3 Å². The standard InChI is InChI=1S/C27H28N4O6/c1-2-8-30-25(34)27(24(33)28-26(30)35,11-17-6-7-21-22(10-17)37-16-36-21)15-29-12-18-9-19(14-29)20-4-3-5-23(32)31(20)13-18/h2-7,10,18-19H,1,8-9,11-16H2,(H,28,33,35)/t18?,19-,27?/m1/s1. The molecule has 0 saturated carbocycles. The van der Waals surface area contributed by atoms with Crippen molar-refractivity contribution < 1.29 is 23.9 Å². The monoisotopic (exact) mass is 504 g/mol. The number of nitrogens with one attached hydrogen (secondary N) is 1. The van der Waals surface area contributed by atoms with Crippen molar-refractivity contribution in [1.29, 1.82) is 0 Å². The van der Waals surface area contributed by atoms with Crippen molar-refractivity contribution in [2.75, 3.05) is 33.0 Å². The average molecular weight is 505 g/mol. The minimum Gasteiger partial charge on any atom is -0.454 e. The number of ether oxygens (including phenoxy) is 2. The van der Waals surface area contributed by atoms with Crippen LogP contribution in [0.2, 0.25) is 0 Å². The Labute approximate surface area is 213 Å². The molecule has 1 N–H and O–H groups in total. The normalized spacial score (nSPS) is 26.6. The summed E-state index contributed by atoms with van der Waals surface area (Å²) in [5.74, 6) is 0.376. The summed E-state index contributed by atoms with van der Waals surface area (Å²) in [6.07, 6.45) is 2.52. The topological polar surface area (TPSA) is 110 Å². The molecule has 192 valence electrons. The molecule has 1 aromatic carbocycles. The molecule has 10 nitrogen and oxygen atoms in total. The van der Waals surface area contributed by atoms with E-state index in [4.69, 9.17) is 9.47 Å². The Kier molecular flexibility index (Phi) is 5.63. The van der Waals surface area contributed by atoms with Gasteiger partial charge in [-0.3, -0.25) is 24.6 Å². The van der Waals surface area contributed by atoms with Crippen molar-refractivity contribution >= 4 is 17.8 Å². The number of carbonyl (C=O) groups excluding carboxylic acids is 3. The van der Waals surface area contributed by atoms with Gasteiger partial charge in [0.05, 0.1) is 0 Å². The quantitative estimate of drug-likeness (QED) is 0.469. The first-order valence-electron chi connectivity index (χ1n) is 12.5. The lowest BCUT2D eigenvalue weighted by molar-refractivity contribution is -0.153. The first-order valence-corrected chi connectivity index (χ1v) is 12.5. The molecule has 37 heavy (non-hydrogen) atoms. The number of rotatable bonds is 6. The minimum atomic E-state index is -1.52. The van der Waals surface area contributed by atoms with E-state index < -0.39 is 23.3 Å². The number of piperidine rings is 1. The Morgan fingerprint density at radius 2 is 1.89 bits per heavy atom. The number of nitrogens with zero attached hydrogens (tertiary/aromatic N) is 3. The number of aromatic nitrogens is 1. The molecule has 2 bridgehead atoms. The number of fused-ring (bicyclic) bond motifs is 5. The average Bonchev–Trinajstić information content (AvgIpc) is 3.34. The Morgan fingerprint density at radius 1 is 1.05 bits per heavy atom. The van der Waals surface area contributed by atoms with Gasteiger partial charge >= 0.3 is 6.03 Å². The zero-order chi connectivity index (χ0) is 25.7. The second kappa shape index (κ2) is 8.88. The van der Waals surface area contributed by atoms with Crippen LogP contribution in [0.1, 0.15) is 23.6 Å². The third-order valence-electron chi connectivity index (χ3n) is 7.86. The summed E-state index contributed by atoms with van der Waals surface area (Å²) in [4.78, 5) is 55.7. The first kappa shape index (κ1) is 23.5. The van der Waals surface area contributed by atoms with E-state index in [0.717, 1.165) is 22.6 Å². The first-order chi connectivity index (χ1) is 17.9. The Balaban J connectivity index is 1.35. The van der Waals surface area contributed by atoms with Gasteiger partial charge in [0.1, 0.15) is 5.41 Å². The van der Waals surface area contributed by atoms with Gasteiger partial charge in [0, 0.05) is 50.4 Å². The molecule has 2 saturated heterocycles. The summed E-state index contributed by atoms with van der Waals surface area (Å²) in [6, 6.07) is 9.98. The smallest absolute Gasteiger partial charge is 0.331 e. The molecule has 3 atom stereocenters. The van der Waals surface area contributed by atoms with Crippen molar-refractivity contribution in [3.05, 3.63) is 70.7 Å². The molecule has 1 aromatic heterocycles. The number of carbonyl (C=O) groups is 3. The zero-order valence-electron chi connectivity index (χ0n) is 20.4. The number of pyridine rings is 1. The highest BCUT2D eigenvalue weighted by molar-refractivity contribution is 6.19. The third-order valence-corrected chi connectivity index (χ3v) is 7.86. The molecule has 5 heterocycles. The molecular weight excluding hydrogens is 476 g/mol. The van der Waals surface area contributed by atoms with Gasteiger partial charge in [-0.2, -0.15) is 0 Å². The van der Waals surface area contributed by atoms with E-state index in [2.05, 4.69) is 16.8 Å². The lowest BCUT2D eigenvalue weighted by atomic mass is 9.75. The van der Waals surface area contributed by atoms with Crippen LogP contribution in [0, 0.1) is 11.3 Å². The van der Waals surface area contributed by atoms with E-state index in [9.17, 15) is 19.2 Å². The predicted molar refractivity (Wildman–Crippen MR) is 132 cm³/mol. The number of hydrogen-bond donors (Lipinski definition) is 1. The van der Waals surface area contributed by atoms with Crippen molar-refractivity contribution in [3.8, 4) is 11.5 Å². The summed E-state index contributed by atoms with van der Waals surface area (Å²) in [5.41, 5.74) is 0.198. The summed E-state index contributed by atoms with van der Waals surface area (Å²) in [7, 11) is 0. The number of imide groups is 2. The molecule has 4 aliphatic heterocycles. The second-order valence-electron chi connectivity index (χ2n) is 10.3. The lowest BCUT2D eigenvalue weighted by Gasteiger charge is -2.47. The SMILES string of the molecule is C=CCN1C(=O)NC(=O)C(Cc2ccc3c(c2)OCO3)(CN2CC3C[C@H](C2)c2cccc(=O)n2C3)C1=O. The fraction of sp³-hybridized carbons (Fsp3) is 0.407. The predicted octanol–water partition coefficient (Wildman–Crippen LogP) is 1.49. The van der Waals surface area contributed by atoms with Crippen molar-refractivity contribution in [2.24, 2.45) is 11.3 Å². The fourth-order valence-corrected chi connectivity index (χ4v) is 6.28. The number of urea groups is 1. The lowest BCUT2D eigenvalue weighted by Crippen LogP contribution is -2.68. The van der Waals surface area contributed by atoms with E-state index >= 15 is 0 Å². The van der Waals surface area contributed by atoms with Crippen LogP contribution in [0.5, 0.6) is 11.5 Å². The number of hydrogen-bond acceptors (Lipinski definition) is 7. The van der Waals surface area contributed by atoms with Crippen molar-refractivity contribution in [3.63, 3.8) is 0 Å². The number of barbiturate groups is 1. The molecular formula is C27H28N4O6.